The van der Waals surface area contributed by atoms with Gasteiger partial charge in [-0.3, -0.25) is 4.79 Å². The Labute approximate surface area is 146 Å². The van der Waals surface area contributed by atoms with Gasteiger partial charge in [-0.2, -0.15) is 0 Å². The van der Waals surface area contributed by atoms with Crippen molar-refractivity contribution in [3.63, 3.8) is 0 Å². The van der Waals surface area contributed by atoms with Crippen molar-refractivity contribution in [1.82, 2.24) is 5.32 Å². The molecule has 1 amide bonds. The first kappa shape index (κ1) is 18.2. The third kappa shape index (κ3) is 5.20. The fourth-order valence-corrected chi connectivity index (χ4v) is 3.27. The maximum atomic E-state index is 12.2. The zero-order chi connectivity index (χ0) is 17.5. The van der Waals surface area contributed by atoms with E-state index in [0.717, 1.165) is 17.5 Å². The minimum Gasteiger partial charge on any atom is -0.451 e. The molecule has 1 N–H and O–H groups in total. The summed E-state index contributed by atoms with van der Waals surface area (Å²) < 4.78 is 5.13. The molecule has 5 heteroatoms. The molecular formula is C19H23NO3S. The Morgan fingerprint density at radius 2 is 1.88 bits per heavy atom. The van der Waals surface area contributed by atoms with E-state index < -0.39 is 5.97 Å². The molecule has 1 aromatic heterocycles. The van der Waals surface area contributed by atoms with Gasteiger partial charge in [0.1, 0.15) is 4.88 Å². The van der Waals surface area contributed by atoms with Crippen LogP contribution in [0.5, 0.6) is 0 Å². The summed E-state index contributed by atoms with van der Waals surface area (Å²) in [5, 5.41) is 4.80. The second-order valence-corrected chi connectivity index (χ2v) is 7.09. The van der Waals surface area contributed by atoms with Crippen molar-refractivity contribution in [3.8, 4) is 0 Å². The number of hydrogen-bond acceptors (Lipinski definition) is 4. The van der Waals surface area contributed by atoms with Gasteiger partial charge in [-0.25, -0.2) is 4.79 Å². The van der Waals surface area contributed by atoms with E-state index in [2.05, 4.69) is 19.2 Å². The fourth-order valence-electron chi connectivity index (χ4n) is 2.45. The van der Waals surface area contributed by atoms with E-state index in [-0.39, 0.29) is 18.6 Å². The molecule has 0 aliphatic rings. The van der Waals surface area contributed by atoms with Crippen LogP contribution in [0.3, 0.4) is 0 Å². The average molecular weight is 345 g/mol. The van der Waals surface area contributed by atoms with Crippen molar-refractivity contribution in [2.75, 3.05) is 6.61 Å². The van der Waals surface area contributed by atoms with Crippen LogP contribution in [0.25, 0.3) is 0 Å². The molecule has 0 bridgehead atoms. The summed E-state index contributed by atoms with van der Waals surface area (Å²) >= 11 is 1.32. The molecule has 1 heterocycles. The van der Waals surface area contributed by atoms with Crippen LogP contribution in [0, 0.1) is 12.8 Å². The van der Waals surface area contributed by atoms with Crippen LogP contribution in [0.15, 0.2) is 41.8 Å². The summed E-state index contributed by atoms with van der Waals surface area (Å²) in [6, 6.07) is 11.6. The molecule has 0 radical (unpaired) electrons. The Balaban J connectivity index is 1.93. The highest BCUT2D eigenvalue weighted by Gasteiger charge is 2.18. The van der Waals surface area contributed by atoms with Gasteiger partial charge in [0.2, 0.25) is 0 Å². The smallest absolute Gasteiger partial charge is 0.349 e. The number of carbonyl (C=O) groups is 2. The van der Waals surface area contributed by atoms with Gasteiger partial charge in [0.25, 0.3) is 5.91 Å². The highest BCUT2D eigenvalue weighted by Crippen LogP contribution is 2.21. The van der Waals surface area contributed by atoms with Gasteiger partial charge in [0.05, 0.1) is 6.04 Å². The lowest BCUT2D eigenvalue weighted by Gasteiger charge is -2.21. The lowest BCUT2D eigenvalue weighted by atomic mass is 9.97. The molecule has 0 unspecified atom stereocenters. The lowest BCUT2D eigenvalue weighted by molar-refractivity contribution is -0.125. The highest BCUT2D eigenvalue weighted by atomic mass is 32.1. The van der Waals surface area contributed by atoms with Crippen LogP contribution in [0.1, 0.15) is 47.1 Å². The number of ether oxygens (including phenoxy) is 1. The standard InChI is InChI=1S/C19H23NO3S/c1-13(2)11-16(15-7-5-4-6-8-15)20-17(21)12-23-19(22)18-14(3)9-10-24-18/h4-10,13,16H,11-12H2,1-3H3,(H,20,21)/t16-/m0/s1. The van der Waals surface area contributed by atoms with Gasteiger partial charge in [0, 0.05) is 0 Å². The quantitative estimate of drug-likeness (QED) is 0.768. The van der Waals surface area contributed by atoms with Crippen LogP contribution in [-0.2, 0) is 9.53 Å². The van der Waals surface area contributed by atoms with Gasteiger partial charge >= 0.3 is 5.97 Å². The molecule has 0 saturated heterocycles. The molecular weight excluding hydrogens is 322 g/mol. The minimum absolute atomic E-state index is 0.0825. The molecule has 128 valence electrons. The van der Waals surface area contributed by atoms with E-state index in [0.29, 0.717) is 10.8 Å². The molecule has 0 spiro atoms. The zero-order valence-electron chi connectivity index (χ0n) is 14.2. The van der Waals surface area contributed by atoms with Crippen molar-refractivity contribution < 1.29 is 14.3 Å². The Hall–Kier alpha value is -2.14. The summed E-state index contributed by atoms with van der Waals surface area (Å²) in [4.78, 5) is 24.7. The maximum absolute atomic E-state index is 12.2. The normalized spacial score (nSPS) is 12.0. The molecule has 0 saturated carbocycles. The van der Waals surface area contributed by atoms with E-state index in [4.69, 9.17) is 4.74 Å². The molecule has 4 nitrogen and oxygen atoms in total. The third-order valence-electron chi connectivity index (χ3n) is 3.63. The summed E-state index contributed by atoms with van der Waals surface area (Å²) in [5.41, 5.74) is 1.92. The number of amides is 1. The number of benzene rings is 1. The van der Waals surface area contributed by atoms with Gasteiger partial charge in [-0.15, -0.1) is 11.3 Å². The summed E-state index contributed by atoms with van der Waals surface area (Å²) in [6.45, 7) is 5.81. The van der Waals surface area contributed by atoms with E-state index in [1.165, 1.54) is 11.3 Å². The monoisotopic (exact) mass is 345 g/mol. The van der Waals surface area contributed by atoms with Gasteiger partial charge in [-0.1, -0.05) is 44.2 Å². The molecule has 0 aliphatic carbocycles. The number of esters is 1. The van der Waals surface area contributed by atoms with E-state index in [9.17, 15) is 9.59 Å². The van der Waals surface area contributed by atoms with Crippen LogP contribution in [0.2, 0.25) is 0 Å². The number of nitrogens with one attached hydrogen (secondary N) is 1. The fraction of sp³-hybridized carbons (Fsp3) is 0.368. The molecule has 0 aliphatic heterocycles. The van der Waals surface area contributed by atoms with Crippen molar-refractivity contribution in [2.24, 2.45) is 5.92 Å². The van der Waals surface area contributed by atoms with Crippen molar-refractivity contribution in [3.05, 3.63) is 57.8 Å². The van der Waals surface area contributed by atoms with Gasteiger partial charge < -0.3 is 10.1 Å². The molecule has 1 aromatic carbocycles. The zero-order valence-corrected chi connectivity index (χ0v) is 15.1. The van der Waals surface area contributed by atoms with Crippen LogP contribution < -0.4 is 5.32 Å². The first-order valence-electron chi connectivity index (χ1n) is 8.03. The number of carbonyl (C=O) groups excluding carboxylic acids is 2. The molecule has 24 heavy (non-hydrogen) atoms. The summed E-state index contributed by atoms with van der Waals surface area (Å²) in [7, 11) is 0. The highest BCUT2D eigenvalue weighted by molar-refractivity contribution is 7.12. The number of thiophene rings is 1. The first-order chi connectivity index (χ1) is 11.5. The van der Waals surface area contributed by atoms with E-state index in [1.54, 1.807) is 0 Å². The molecule has 2 aromatic rings. The van der Waals surface area contributed by atoms with Crippen LogP contribution >= 0.6 is 11.3 Å². The van der Waals surface area contributed by atoms with E-state index in [1.807, 2.05) is 48.7 Å². The van der Waals surface area contributed by atoms with Crippen LogP contribution in [0.4, 0.5) is 0 Å². The summed E-state index contributed by atoms with van der Waals surface area (Å²) in [5.74, 6) is -0.295. The van der Waals surface area contributed by atoms with Crippen molar-refractivity contribution in [1.29, 1.82) is 0 Å². The first-order valence-corrected chi connectivity index (χ1v) is 8.91. The second kappa shape index (κ2) is 8.64. The minimum atomic E-state index is -0.447. The Morgan fingerprint density at radius 1 is 1.17 bits per heavy atom. The van der Waals surface area contributed by atoms with Crippen molar-refractivity contribution in [2.45, 2.75) is 33.2 Å². The SMILES string of the molecule is Cc1ccsc1C(=O)OCC(=O)N[C@@H](CC(C)C)c1ccccc1. The van der Waals surface area contributed by atoms with Crippen molar-refractivity contribution >= 4 is 23.2 Å². The van der Waals surface area contributed by atoms with E-state index >= 15 is 0 Å². The predicted molar refractivity (Wildman–Crippen MR) is 96.1 cm³/mol. The Morgan fingerprint density at radius 3 is 2.46 bits per heavy atom. The molecule has 2 rings (SSSR count). The largest absolute Gasteiger partial charge is 0.451 e. The van der Waals surface area contributed by atoms with Gasteiger partial charge in [0.15, 0.2) is 6.61 Å². The second-order valence-electron chi connectivity index (χ2n) is 6.17. The lowest BCUT2D eigenvalue weighted by Crippen LogP contribution is -2.33. The summed E-state index contributed by atoms with van der Waals surface area (Å²) in [6.07, 6.45) is 0.827. The topological polar surface area (TPSA) is 55.4 Å². The Kier molecular flexibility index (Phi) is 6.55. The van der Waals surface area contributed by atoms with Crippen LogP contribution in [-0.4, -0.2) is 18.5 Å². The maximum Gasteiger partial charge on any atom is 0.349 e. The number of hydrogen-bond donors (Lipinski definition) is 1. The molecule has 1 atom stereocenters. The predicted octanol–water partition coefficient (Wildman–Crippen LogP) is 4.12. The average Bonchev–Trinajstić information content (AvgIpc) is 2.98. The number of aryl methyl sites for hydroxylation is 1. The van der Waals surface area contributed by atoms with Gasteiger partial charge in [-0.05, 0) is 41.8 Å². The molecule has 0 fully saturated rings. The number of rotatable bonds is 7. The third-order valence-corrected chi connectivity index (χ3v) is 4.62. The Bertz CT molecular complexity index is 679.